The number of carboxylic acid groups (broad SMARTS) is 1. The van der Waals surface area contributed by atoms with Crippen molar-refractivity contribution >= 4 is 22.7 Å². The van der Waals surface area contributed by atoms with Crippen LogP contribution in [0.15, 0.2) is 66.9 Å². The maximum absolute atomic E-state index is 12.3. The average molecular weight is 403 g/mol. The molecule has 0 amide bonds. The number of ether oxygens (including phenoxy) is 1. The third-order valence-corrected chi connectivity index (χ3v) is 4.86. The summed E-state index contributed by atoms with van der Waals surface area (Å²) >= 11 is 0. The van der Waals surface area contributed by atoms with Crippen molar-refractivity contribution in [2.75, 3.05) is 7.11 Å². The van der Waals surface area contributed by atoms with Crippen molar-refractivity contribution in [1.29, 1.82) is 0 Å². The molecule has 0 fully saturated rings. The monoisotopic (exact) mass is 403 g/mol. The summed E-state index contributed by atoms with van der Waals surface area (Å²) in [6, 6.07) is 17.6. The van der Waals surface area contributed by atoms with E-state index in [9.17, 15) is 20.0 Å². The Balaban J connectivity index is 1.99. The molecule has 0 bridgehead atoms. The van der Waals surface area contributed by atoms with Gasteiger partial charge in [0.1, 0.15) is 23.3 Å². The molecule has 0 aliphatic carbocycles. The fraction of sp³-hybridized carbons (Fsp3) is 0.0909. The van der Waals surface area contributed by atoms with Crippen molar-refractivity contribution in [2.24, 2.45) is 0 Å². The Labute approximate surface area is 171 Å². The zero-order valence-corrected chi connectivity index (χ0v) is 16.0. The number of fused-ring (bicyclic) bond motifs is 1. The first-order valence-corrected chi connectivity index (χ1v) is 9.08. The van der Waals surface area contributed by atoms with Crippen LogP contribution in [0.2, 0.25) is 0 Å². The minimum atomic E-state index is -1.14. The number of pyridine rings is 1. The second-order valence-electron chi connectivity index (χ2n) is 6.65. The number of hydrogen-bond donors (Lipinski definition) is 1. The van der Waals surface area contributed by atoms with Crippen molar-refractivity contribution in [3.63, 3.8) is 0 Å². The lowest BCUT2D eigenvalue weighted by Gasteiger charge is -2.09. The minimum Gasteiger partial charge on any atom is -0.497 e. The van der Waals surface area contributed by atoms with E-state index in [1.165, 1.54) is 6.07 Å². The molecule has 8 nitrogen and oxygen atoms in total. The molecular formula is C22H17N3O5. The van der Waals surface area contributed by atoms with Gasteiger partial charge in [0, 0.05) is 23.6 Å². The van der Waals surface area contributed by atoms with Crippen molar-refractivity contribution in [3.8, 4) is 16.9 Å². The molecule has 0 spiro atoms. The summed E-state index contributed by atoms with van der Waals surface area (Å²) in [7, 11) is 1.57. The number of carbonyl (C=O) groups is 1. The van der Waals surface area contributed by atoms with Gasteiger partial charge in [-0.3, -0.25) is 10.1 Å². The minimum absolute atomic E-state index is 0.0278. The number of nitro groups is 1. The van der Waals surface area contributed by atoms with Gasteiger partial charge in [-0.2, -0.15) is 0 Å². The summed E-state index contributed by atoms with van der Waals surface area (Å²) in [6.45, 7) is 0.236. The van der Waals surface area contributed by atoms with E-state index < -0.39 is 10.9 Å². The van der Waals surface area contributed by atoms with Crippen LogP contribution in [-0.2, 0) is 6.54 Å². The average Bonchev–Trinajstić information content (AvgIpc) is 3.08. The fourth-order valence-corrected chi connectivity index (χ4v) is 3.50. The maximum atomic E-state index is 12.3. The number of carboxylic acids is 1. The summed E-state index contributed by atoms with van der Waals surface area (Å²) in [5.74, 6) is -0.448. The number of hydrogen-bond acceptors (Lipinski definition) is 5. The van der Waals surface area contributed by atoms with E-state index >= 15 is 0 Å². The van der Waals surface area contributed by atoms with Crippen LogP contribution in [0.1, 0.15) is 16.1 Å². The molecule has 0 saturated heterocycles. The highest BCUT2D eigenvalue weighted by Crippen LogP contribution is 2.36. The van der Waals surface area contributed by atoms with Crippen molar-refractivity contribution < 1.29 is 19.6 Å². The molecule has 0 radical (unpaired) electrons. The highest BCUT2D eigenvalue weighted by atomic mass is 16.6. The molecular weight excluding hydrogens is 386 g/mol. The Morgan fingerprint density at radius 1 is 1.17 bits per heavy atom. The second kappa shape index (κ2) is 7.67. The van der Waals surface area contributed by atoms with Gasteiger partial charge >= 0.3 is 5.97 Å². The summed E-state index contributed by atoms with van der Waals surface area (Å²) in [4.78, 5) is 27.3. The zero-order valence-electron chi connectivity index (χ0n) is 16.0. The largest absolute Gasteiger partial charge is 0.497 e. The predicted octanol–water partition coefficient (Wildman–Crippen LogP) is 4.37. The van der Waals surface area contributed by atoms with Gasteiger partial charge in [-0.15, -0.1) is 0 Å². The molecule has 0 aliphatic heterocycles. The smallest absolute Gasteiger partial charge is 0.353 e. The number of nitrogens with zero attached hydrogens (tertiary/aromatic N) is 3. The lowest BCUT2D eigenvalue weighted by molar-refractivity contribution is -0.385. The van der Waals surface area contributed by atoms with E-state index in [-0.39, 0.29) is 17.9 Å². The Morgan fingerprint density at radius 2 is 1.87 bits per heavy atom. The van der Waals surface area contributed by atoms with Gasteiger partial charge in [0.15, 0.2) is 0 Å². The number of benzene rings is 2. The van der Waals surface area contributed by atoms with E-state index in [4.69, 9.17) is 4.74 Å². The third kappa shape index (κ3) is 3.35. The number of aromatic nitrogens is 2. The highest BCUT2D eigenvalue weighted by molar-refractivity contribution is 6.07. The van der Waals surface area contributed by atoms with E-state index in [2.05, 4.69) is 4.98 Å². The maximum Gasteiger partial charge on any atom is 0.353 e. The Hall–Kier alpha value is -4.20. The Kier molecular flexibility index (Phi) is 4.89. The normalized spacial score (nSPS) is 10.8. The summed E-state index contributed by atoms with van der Waals surface area (Å²) in [6.07, 6.45) is 1.15. The van der Waals surface area contributed by atoms with Gasteiger partial charge in [-0.25, -0.2) is 9.78 Å². The molecule has 2 aromatic heterocycles. The molecule has 8 heteroatoms. The molecule has 4 aromatic rings. The first-order valence-electron chi connectivity index (χ1n) is 9.08. The van der Waals surface area contributed by atoms with Gasteiger partial charge in [-0.1, -0.05) is 42.5 Å². The molecule has 2 aromatic carbocycles. The summed E-state index contributed by atoms with van der Waals surface area (Å²) in [5, 5.41) is 21.8. The summed E-state index contributed by atoms with van der Waals surface area (Å²) in [5.41, 5.74) is 2.10. The fourth-order valence-electron chi connectivity index (χ4n) is 3.50. The Morgan fingerprint density at radius 3 is 2.47 bits per heavy atom. The topological polar surface area (TPSA) is 107 Å². The predicted molar refractivity (Wildman–Crippen MR) is 111 cm³/mol. The van der Waals surface area contributed by atoms with Crippen LogP contribution >= 0.6 is 0 Å². The Bertz CT molecular complexity index is 1250. The first kappa shape index (κ1) is 19.1. The van der Waals surface area contributed by atoms with Gasteiger partial charge < -0.3 is 14.4 Å². The lowest BCUT2D eigenvalue weighted by atomic mass is 10.0. The standard InChI is InChI=1S/C22H17N3O5/c1-30-17-9-7-14(8-10-17)13-24-20(22(26)27)19(15-5-3-2-4-6-15)18-11-16(25(28)29)12-23-21(18)24/h2-12H,13H2,1H3,(H,26,27). The van der Waals surface area contributed by atoms with Gasteiger partial charge in [-0.05, 0) is 23.3 Å². The third-order valence-electron chi connectivity index (χ3n) is 4.86. The van der Waals surface area contributed by atoms with Crippen LogP contribution in [0, 0.1) is 10.1 Å². The molecule has 0 saturated carbocycles. The van der Waals surface area contributed by atoms with Gasteiger partial charge in [0.2, 0.25) is 0 Å². The van der Waals surface area contributed by atoms with Crippen LogP contribution in [0.25, 0.3) is 22.2 Å². The number of rotatable bonds is 6. The van der Waals surface area contributed by atoms with E-state index in [1.54, 1.807) is 48.1 Å². The second-order valence-corrected chi connectivity index (χ2v) is 6.65. The number of aromatic carboxylic acids is 1. The van der Waals surface area contributed by atoms with Crippen LogP contribution < -0.4 is 4.74 Å². The van der Waals surface area contributed by atoms with Crippen LogP contribution in [0.5, 0.6) is 5.75 Å². The molecule has 0 unspecified atom stereocenters. The molecule has 2 heterocycles. The molecule has 150 valence electrons. The lowest BCUT2D eigenvalue weighted by Crippen LogP contribution is -2.11. The number of methoxy groups -OCH3 is 1. The van der Waals surface area contributed by atoms with E-state index in [0.717, 1.165) is 11.8 Å². The van der Waals surface area contributed by atoms with Crippen LogP contribution in [0.3, 0.4) is 0 Å². The molecule has 0 aliphatic rings. The SMILES string of the molecule is COc1ccc(Cn2c(C(=O)O)c(-c3ccccc3)c3cc([N+](=O)[O-])cnc32)cc1. The van der Waals surface area contributed by atoms with Gasteiger partial charge in [0.05, 0.1) is 12.0 Å². The van der Waals surface area contributed by atoms with Crippen molar-refractivity contribution in [2.45, 2.75) is 6.54 Å². The molecule has 4 rings (SSSR count). The van der Waals surface area contributed by atoms with Crippen molar-refractivity contribution in [3.05, 3.63) is 88.2 Å². The highest BCUT2D eigenvalue weighted by Gasteiger charge is 2.26. The first-order chi connectivity index (χ1) is 14.5. The molecule has 30 heavy (non-hydrogen) atoms. The van der Waals surface area contributed by atoms with E-state index in [0.29, 0.717) is 27.9 Å². The van der Waals surface area contributed by atoms with Crippen LogP contribution in [-0.4, -0.2) is 32.7 Å². The molecule has 0 atom stereocenters. The van der Waals surface area contributed by atoms with Gasteiger partial charge in [0.25, 0.3) is 5.69 Å². The quantitative estimate of drug-likeness (QED) is 0.378. The zero-order chi connectivity index (χ0) is 21.3. The van der Waals surface area contributed by atoms with Crippen LogP contribution in [0.4, 0.5) is 5.69 Å². The summed E-state index contributed by atoms with van der Waals surface area (Å²) < 4.78 is 6.75. The molecule has 1 N–H and O–H groups in total. The van der Waals surface area contributed by atoms with Crippen molar-refractivity contribution in [1.82, 2.24) is 9.55 Å². The van der Waals surface area contributed by atoms with E-state index in [1.807, 2.05) is 18.2 Å².